The number of alkyl halides is 6. The van der Waals surface area contributed by atoms with E-state index in [0.717, 1.165) is 12.1 Å². The Kier molecular flexibility index (Phi) is 4.59. The highest BCUT2D eigenvalue weighted by Crippen LogP contribution is 2.35. The zero-order chi connectivity index (χ0) is 18.1. The third-order valence-electron chi connectivity index (χ3n) is 2.97. The molecule has 0 N–H and O–H groups in total. The summed E-state index contributed by atoms with van der Waals surface area (Å²) in [5.74, 6) is -1.22. The predicted octanol–water partition coefficient (Wildman–Crippen LogP) is 4.09. The van der Waals surface area contributed by atoms with E-state index in [1.807, 2.05) is 0 Å². The summed E-state index contributed by atoms with van der Waals surface area (Å²) in [6.45, 7) is 1.28. The Morgan fingerprint density at radius 3 is 2.12 bits per heavy atom. The molecule has 1 aromatic heterocycles. The number of rotatable bonds is 3. The molecular formula is C14H10F6N2O2. The Labute approximate surface area is 131 Å². The van der Waals surface area contributed by atoms with Crippen LogP contribution in [0, 0.1) is 0 Å². The Hall–Kier alpha value is -2.52. The van der Waals surface area contributed by atoms with E-state index in [1.54, 1.807) is 0 Å². The van der Waals surface area contributed by atoms with E-state index in [2.05, 4.69) is 9.84 Å². The van der Waals surface area contributed by atoms with Crippen LogP contribution in [0.4, 0.5) is 26.3 Å². The third kappa shape index (κ3) is 3.52. The minimum absolute atomic E-state index is 0.137. The van der Waals surface area contributed by atoms with Crippen LogP contribution in [0.15, 0.2) is 30.5 Å². The van der Waals surface area contributed by atoms with Crippen LogP contribution in [0.5, 0.6) is 0 Å². The molecule has 0 spiro atoms. The Morgan fingerprint density at radius 1 is 1.08 bits per heavy atom. The van der Waals surface area contributed by atoms with E-state index in [1.165, 1.54) is 6.92 Å². The van der Waals surface area contributed by atoms with Gasteiger partial charge in [-0.1, -0.05) is 0 Å². The lowest BCUT2D eigenvalue weighted by Crippen LogP contribution is -2.18. The highest BCUT2D eigenvalue weighted by Gasteiger charge is 2.41. The minimum atomic E-state index is -4.96. The van der Waals surface area contributed by atoms with E-state index in [0.29, 0.717) is 23.0 Å². The molecule has 4 nitrogen and oxygen atoms in total. The van der Waals surface area contributed by atoms with Gasteiger partial charge >= 0.3 is 18.3 Å². The predicted molar refractivity (Wildman–Crippen MR) is 69.5 cm³/mol. The molecule has 130 valence electrons. The summed E-state index contributed by atoms with van der Waals surface area (Å²) in [4.78, 5) is 11.6. The van der Waals surface area contributed by atoms with Crippen molar-refractivity contribution in [2.75, 3.05) is 6.61 Å². The van der Waals surface area contributed by atoms with Gasteiger partial charge in [0.15, 0.2) is 5.69 Å². The van der Waals surface area contributed by atoms with Gasteiger partial charge in [-0.15, -0.1) is 0 Å². The summed E-state index contributed by atoms with van der Waals surface area (Å²) in [5, 5.41) is 3.46. The number of aromatic nitrogens is 2. The largest absolute Gasteiger partial charge is 0.462 e. The maximum absolute atomic E-state index is 13.2. The van der Waals surface area contributed by atoms with Crippen molar-refractivity contribution in [1.82, 2.24) is 9.78 Å². The average molecular weight is 352 g/mol. The molecule has 0 amide bonds. The zero-order valence-corrected chi connectivity index (χ0v) is 12.1. The monoisotopic (exact) mass is 352 g/mol. The van der Waals surface area contributed by atoms with Gasteiger partial charge in [0.2, 0.25) is 0 Å². The smallest absolute Gasteiger partial charge is 0.434 e. The van der Waals surface area contributed by atoms with Crippen LogP contribution in [-0.4, -0.2) is 22.4 Å². The molecule has 24 heavy (non-hydrogen) atoms. The van der Waals surface area contributed by atoms with Crippen molar-refractivity contribution in [3.8, 4) is 5.69 Å². The standard InChI is InChI=1S/C14H10F6N2O2/c1-2-24-12(23)10-7-21-22(11(10)14(18,19)20)9-5-3-8(4-6-9)13(15,16)17/h3-7H,2H2,1H3. The van der Waals surface area contributed by atoms with E-state index < -0.39 is 35.1 Å². The Bertz CT molecular complexity index is 731. The van der Waals surface area contributed by atoms with Crippen molar-refractivity contribution in [3.63, 3.8) is 0 Å². The van der Waals surface area contributed by atoms with Gasteiger partial charge in [0.05, 0.1) is 24.1 Å². The first-order valence-electron chi connectivity index (χ1n) is 6.55. The fourth-order valence-corrected chi connectivity index (χ4v) is 1.97. The van der Waals surface area contributed by atoms with E-state index in [9.17, 15) is 31.1 Å². The summed E-state index contributed by atoms with van der Waals surface area (Å²) >= 11 is 0. The topological polar surface area (TPSA) is 44.1 Å². The van der Waals surface area contributed by atoms with Crippen LogP contribution >= 0.6 is 0 Å². The molecule has 2 rings (SSSR count). The maximum atomic E-state index is 13.2. The van der Waals surface area contributed by atoms with Gasteiger partial charge in [-0.05, 0) is 31.2 Å². The lowest BCUT2D eigenvalue weighted by molar-refractivity contribution is -0.143. The molecule has 1 aromatic carbocycles. The molecule has 0 aliphatic carbocycles. The molecule has 0 aliphatic rings. The van der Waals surface area contributed by atoms with Gasteiger partial charge in [-0.3, -0.25) is 0 Å². The Morgan fingerprint density at radius 2 is 1.67 bits per heavy atom. The van der Waals surface area contributed by atoms with Crippen molar-refractivity contribution < 1.29 is 35.9 Å². The van der Waals surface area contributed by atoms with Gasteiger partial charge in [-0.2, -0.15) is 31.4 Å². The molecule has 0 saturated carbocycles. The molecule has 0 bridgehead atoms. The number of benzene rings is 1. The molecule has 0 saturated heterocycles. The first-order chi connectivity index (χ1) is 11.1. The van der Waals surface area contributed by atoms with Crippen molar-refractivity contribution in [2.45, 2.75) is 19.3 Å². The number of ether oxygens (including phenoxy) is 1. The molecule has 0 fully saturated rings. The summed E-state index contributed by atoms with van der Waals surface area (Å²) in [5.41, 5.74) is -3.52. The number of esters is 1. The normalized spacial score (nSPS) is 12.3. The number of nitrogens with zero attached hydrogens (tertiary/aromatic N) is 2. The highest BCUT2D eigenvalue weighted by molar-refractivity contribution is 5.90. The van der Waals surface area contributed by atoms with Crippen molar-refractivity contribution >= 4 is 5.97 Å². The highest BCUT2D eigenvalue weighted by atomic mass is 19.4. The van der Waals surface area contributed by atoms with Crippen LogP contribution < -0.4 is 0 Å². The molecule has 2 aromatic rings. The average Bonchev–Trinajstić information content (AvgIpc) is 2.92. The first-order valence-corrected chi connectivity index (χ1v) is 6.55. The summed E-state index contributed by atoms with van der Waals surface area (Å²) in [7, 11) is 0. The molecule has 0 radical (unpaired) electrons. The summed E-state index contributed by atoms with van der Waals surface area (Å²) < 4.78 is 82.2. The molecule has 0 aliphatic heterocycles. The quantitative estimate of drug-likeness (QED) is 0.617. The fourth-order valence-electron chi connectivity index (χ4n) is 1.97. The van der Waals surface area contributed by atoms with Crippen LogP contribution in [0.2, 0.25) is 0 Å². The molecular weight excluding hydrogens is 342 g/mol. The van der Waals surface area contributed by atoms with Gasteiger partial charge in [0.25, 0.3) is 0 Å². The van der Waals surface area contributed by atoms with Gasteiger partial charge < -0.3 is 4.74 Å². The fraction of sp³-hybridized carbons (Fsp3) is 0.286. The minimum Gasteiger partial charge on any atom is -0.462 e. The Balaban J connectivity index is 2.53. The van der Waals surface area contributed by atoms with E-state index in [4.69, 9.17) is 0 Å². The van der Waals surface area contributed by atoms with E-state index in [-0.39, 0.29) is 12.3 Å². The lowest BCUT2D eigenvalue weighted by Gasteiger charge is -2.13. The summed E-state index contributed by atoms with van der Waals surface area (Å²) in [6, 6.07) is 2.92. The van der Waals surface area contributed by atoms with Gasteiger partial charge in [0.1, 0.15) is 5.56 Å². The van der Waals surface area contributed by atoms with Crippen LogP contribution in [0.3, 0.4) is 0 Å². The SMILES string of the molecule is CCOC(=O)c1cnn(-c2ccc(C(F)(F)F)cc2)c1C(F)(F)F. The second-order valence-electron chi connectivity index (χ2n) is 4.58. The van der Waals surface area contributed by atoms with Crippen molar-refractivity contribution in [3.05, 3.63) is 47.3 Å². The van der Waals surface area contributed by atoms with Crippen LogP contribution in [0.25, 0.3) is 5.69 Å². The number of hydrogen-bond acceptors (Lipinski definition) is 3. The first kappa shape index (κ1) is 17.8. The number of halogens is 6. The second kappa shape index (κ2) is 6.17. The number of hydrogen-bond donors (Lipinski definition) is 0. The molecule has 1 heterocycles. The van der Waals surface area contributed by atoms with Gasteiger partial charge in [0, 0.05) is 0 Å². The maximum Gasteiger partial charge on any atom is 0.434 e. The van der Waals surface area contributed by atoms with Crippen molar-refractivity contribution in [1.29, 1.82) is 0 Å². The van der Waals surface area contributed by atoms with Crippen LogP contribution in [-0.2, 0) is 17.1 Å². The second-order valence-corrected chi connectivity index (χ2v) is 4.58. The number of carbonyl (C=O) groups excluding carboxylic acids is 1. The molecule has 10 heteroatoms. The van der Waals surface area contributed by atoms with Crippen LogP contribution in [0.1, 0.15) is 28.5 Å². The van der Waals surface area contributed by atoms with E-state index >= 15 is 0 Å². The summed E-state index contributed by atoms with van der Waals surface area (Å²) in [6.07, 6.45) is -8.91. The zero-order valence-electron chi connectivity index (χ0n) is 12.1. The van der Waals surface area contributed by atoms with Crippen molar-refractivity contribution in [2.24, 2.45) is 0 Å². The third-order valence-corrected chi connectivity index (χ3v) is 2.97. The number of carbonyl (C=O) groups is 1. The molecule has 0 unspecified atom stereocenters. The molecule has 0 atom stereocenters. The lowest BCUT2D eigenvalue weighted by atomic mass is 10.2. The van der Waals surface area contributed by atoms with Gasteiger partial charge in [-0.25, -0.2) is 9.48 Å².